The van der Waals surface area contributed by atoms with Crippen LogP contribution in [0.15, 0.2) is 30.3 Å². The van der Waals surface area contributed by atoms with Gasteiger partial charge >= 0.3 is 0 Å². The normalized spacial score (nSPS) is 27.2. The number of methoxy groups -OCH3 is 1. The molecule has 2 rings (SSSR count). The Bertz CT molecular complexity index is 407. The van der Waals surface area contributed by atoms with Crippen LogP contribution in [0.1, 0.15) is 31.4 Å². The van der Waals surface area contributed by atoms with Gasteiger partial charge in [0.15, 0.2) is 11.4 Å². The first-order valence-electron chi connectivity index (χ1n) is 6.66. The maximum absolute atomic E-state index is 12.2. The van der Waals surface area contributed by atoms with E-state index in [0.717, 1.165) is 24.2 Å². The van der Waals surface area contributed by atoms with Gasteiger partial charge in [-0.2, -0.15) is 0 Å². The molecule has 0 unspecified atom stereocenters. The SMILES string of the molecule is CCSC(=O)[C@H]1CC[C@@H](OC)O[C@@H]1c1ccccc1. The lowest BCUT2D eigenvalue weighted by atomic mass is 9.90. The third-order valence-corrected chi connectivity index (χ3v) is 4.23. The van der Waals surface area contributed by atoms with Crippen LogP contribution in [-0.4, -0.2) is 24.3 Å². The Balaban J connectivity index is 2.19. The van der Waals surface area contributed by atoms with Crippen LogP contribution >= 0.6 is 11.8 Å². The molecule has 3 atom stereocenters. The number of hydrogen-bond donors (Lipinski definition) is 0. The predicted octanol–water partition coefficient (Wildman–Crippen LogP) is 3.41. The van der Waals surface area contributed by atoms with Crippen LogP contribution in [0, 0.1) is 5.92 Å². The maximum Gasteiger partial charge on any atom is 0.194 e. The van der Waals surface area contributed by atoms with Crippen LogP contribution in [0.25, 0.3) is 0 Å². The van der Waals surface area contributed by atoms with Gasteiger partial charge in [-0.15, -0.1) is 0 Å². The number of carbonyl (C=O) groups is 1. The molecule has 4 heteroatoms. The average molecular weight is 280 g/mol. The van der Waals surface area contributed by atoms with Crippen LogP contribution in [0.5, 0.6) is 0 Å². The van der Waals surface area contributed by atoms with E-state index in [1.165, 1.54) is 11.8 Å². The number of benzene rings is 1. The lowest BCUT2D eigenvalue weighted by Crippen LogP contribution is -2.33. The first kappa shape index (κ1) is 14.6. The van der Waals surface area contributed by atoms with Crippen LogP contribution in [0.2, 0.25) is 0 Å². The largest absolute Gasteiger partial charge is 0.356 e. The van der Waals surface area contributed by atoms with Gasteiger partial charge in [0.1, 0.15) is 0 Å². The van der Waals surface area contributed by atoms with Crippen LogP contribution in [0.3, 0.4) is 0 Å². The summed E-state index contributed by atoms with van der Waals surface area (Å²) in [6.45, 7) is 2.00. The lowest BCUT2D eigenvalue weighted by molar-refractivity contribution is -0.198. The van der Waals surface area contributed by atoms with E-state index in [9.17, 15) is 4.79 Å². The Hall–Kier alpha value is -0.840. The van der Waals surface area contributed by atoms with Crippen LogP contribution in [0.4, 0.5) is 0 Å². The summed E-state index contributed by atoms with van der Waals surface area (Å²) >= 11 is 1.39. The Morgan fingerprint density at radius 1 is 1.37 bits per heavy atom. The summed E-state index contributed by atoms with van der Waals surface area (Å²) in [4.78, 5) is 12.2. The molecular formula is C15H20O3S. The van der Waals surface area contributed by atoms with E-state index in [1.54, 1.807) is 7.11 Å². The highest BCUT2D eigenvalue weighted by Crippen LogP contribution is 2.39. The second kappa shape index (κ2) is 7.08. The molecule has 0 saturated carbocycles. The predicted molar refractivity (Wildman–Crippen MR) is 76.9 cm³/mol. The van der Waals surface area contributed by atoms with E-state index in [-0.39, 0.29) is 23.4 Å². The molecule has 19 heavy (non-hydrogen) atoms. The molecule has 1 aromatic rings. The van der Waals surface area contributed by atoms with E-state index >= 15 is 0 Å². The number of carbonyl (C=O) groups excluding carboxylic acids is 1. The fraction of sp³-hybridized carbons (Fsp3) is 0.533. The second-order valence-corrected chi connectivity index (χ2v) is 5.84. The van der Waals surface area contributed by atoms with Gasteiger partial charge in [-0.25, -0.2) is 0 Å². The van der Waals surface area contributed by atoms with Crippen LogP contribution in [-0.2, 0) is 14.3 Å². The monoisotopic (exact) mass is 280 g/mol. The molecule has 0 amide bonds. The molecule has 0 radical (unpaired) electrons. The standard InChI is InChI=1S/C15H20O3S/c1-3-19-15(16)12-9-10-13(17-2)18-14(12)11-7-5-4-6-8-11/h4-8,12-14H,3,9-10H2,1-2H3/t12-,13-,14+/m0/s1. The van der Waals surface area contributed by atoms with Gasteiger partial charge in [0.2, 0.25) is 0 Å². The van der Waals surface area contributed by atoms with Crippen molar-refractivity contribution in [1.82, 2.24) is 0 Å². The summed E-state index contributed by atoms with van der Waals surface area (Å²) in [6.07, 6.45) is 1.21. The molecule has 104 valence electrons. The molecule has 0 aromatic heterocycles. The molecule has 1 aliphatic rings. The molecule has 1 saturated heterocycles. The molecule has 1 aromatic carbocycles. The molecule has 0 bridgehead atoms. The quantitative estimate of drug-likeness (QED) is 0.846. The highest BCUT2D eigenvalue weighted by Gasteiger charge is 2.36. The molecule has 1 aliphatic heterocycles. The van der Waals surface area contributed by atoms with Crippen LogP contribution < -0.4 is 0 Å². The molecule has 1 heterocycles. The van der Waals surface area contributed by atoms with E-state index in [2.05, 4.69) is 0 Å². The van der Waals surface area contributed by atoms with Crippen molar-refractivity contribution >= 4 is 16.9 Å². The van der Waals surface area contributed by atoms with Crippen molar-refractivity contribution < 1.29 is 14.3 Å². The van der Waals surface area contributed by atoms with Gasteiger partial charge < -0.3 is 9.47 Å². The first-order valence-corrected chi connectivity index (χ1v) is 7.64. The highest BCUT2D eigenvalue weighted by molar-refractivity contribution is 8.13. The van der Waals surface area contributed by atoms with Gasteiger partial charge in [0.05, 0.1) is 12.0 Å². The Morgan fingerprint density at radius 3 is 2.74 bits per heavy atom. The van der Waals surface area contributed by atoms with Gasteiger partial charge in [0.25, 0.3) is 0 Å². The Kier molecular flexibility index (Phi) is 5.43. The van der Waals surface area contributed by atoms with Gasteiger partial charge in [-0.05, 0) is 24.2 Å². The summed E-state index contributed by atoms with van der Waals surface area (Å²) in [5.41, 5.74) is 1.05. The molecule has 0 N–H and O–H groups in total. The van der Waals surface area contributed by atoms with E-state index in [0.29, 0.717) is 0 Å². The lowest BCUT2D eigenvalue weighted by Gasteiger charge is -2.35. The summed E-state index contributed by atoms with van der Waals surface area (Å²) in [5, 5.41) is 0.228. The maximum atomic E-state index is 12.2. The van der Waals surface area contributed by atoms with E-state index in [4.69, 9.17) is 9.47 Å². The minimum atomic E-state index is -0.208. The smallest absolute Gasteiger partial charge is 0.194 e. The second-order valence-electron chi connectivity index (χ2n) is 4.57. The number of ether oxygens (including phenoxy) is 2. The summed E-state index contributed by atoms with van der Waals surface area (Å²) in [6, 6.07) is 9.95. The highest BCUT2D eigenvalue weighted by atomic mass is 32.2. The number of thioether (sulfide) groups is 1. The third kappa shape index (κ3) is 3.59. The first-order chi connectivity index (χ1) is 9.26. The summed E-state index contributed by atoms with van der Waals surface area (Å²) < 4.78 is 11.2. The molecule has 0 aliphatic carbocycles. The van der Waals surface area contributed by atoms with E-state index < -0.39 is 0 Å². The summed E-state index contributed by atoms with van der Waals surface area (Å²) in [5.74, 6) is 0.739. The zero-order valence-electron chi connectivity index (χ0n) is 11.4. The minimum Gasteiger partial charge on any atom is -0.356 e. The van der Waals surface area contributed by atoms with Crippen molar-refractivity contribution in [3.05, 3.63) is 35.9 Å². The number of hydrogen-bond acceptors (Lipinski definition) is 4. The van der Waals surface area contributed by atoms with E-state index in [1.807, 2.05) is 37.3 Å². The van der Waals surface area contributed by atoms with Crippen molar-refractivity contribution in [1.29, 1.82) is 0 Å². The average Bonchev–Trinajstić information content (AvgIpc) is 2.47. The topological polar surface area (TPSA) is 35.5 Å². The Morgan fingerprint density at radius 2 is 2.11 bits per heavy atom. The van der Waals surface area contributed by atoms with Gasteiger partial charge in [-0.3, -0.25) is 4.79 Å². The van der Waals surface area contributed by atoms with Crippen molar-refractivity contribution in [3.63, 3.8) is 0 Å². The van der Waals surface area contributed by atoms with Crippen molar-refractivity contribution in [2.75, 3.05) is 12.9 Å². The Labute approximate surface area is 118 Å². The molecule has 3 nitrogen and oxygen atoms in total. The van der Waals surface area contributed by atoms with Gasteiger partial charge in [0, 0.05) is 7.11 Å². The fourth-order valence-electron chi connectivity index (χ4n) is 2.41. The molecule has 1 fully saturated rings. The van der Waals surface area contributed by atoms with Crippen molar-refractivity contribution in [3.8, 4) is 0 Å². The minimum absolute atomic E-state index is 0.0706. The molecular weight excluding hydrogens is 260 g/mol. The molecule has 0 spiro atoms. The zero-order chi connectivity index (χ0) is 13.7. The summed E-state index contributed by atoms with van der Waals surface area (Å²) in [7, 11) is 1.65. The van der Waals surface area contributed by atoms with Crippen molar-refractivity contribution in [2.24, 2.45) is 5.92 Å². The number of rotatable bonds is 4. The van der Waals surface area contributed by atoms with Crippen molar-refractivity contribution in [2.45, 2.75) is 32.2 Å². The van der Waals surface area contributed by atoms with Gasteiger partial charge in [-0.1, -0.05) is 49.0 Å². The third-order valence-electron chi connectivity index (χ3n) is 3.36. The fourth-order valence-corrected chi connectivity index (χ4v) is 3.15. The zero-order valence-corrected chi connectivity index (χ0v) is 12.2.